The molecule has 1 aromatic rings. The Morgan fingerprint density at radius 3 is 2.25 bits per heavy atom. The Morgan fingerprint density at radius 2 is 1.80 bits per heavy atom. The molecule has 6 heteroatoms. The summed E-state index contributed by atoms with van der Waals surface area (Å²) in [5.74, 6) is 0.345. The monoisotopic (exact) mass is 360 g/mol. The van der Waals surface area contributed by atoms with Gasteiger partial charge in [-0.25, -0.2) is 13.1 Å². The quantitative estimate of drug-likeness (QED) is 0.810. The third-order valence-electron chi connectivity index (χ3n) is 5.07. The van der Waals surface area contributed by atoms with E-state index in [1.807, 2.05) is 0 Å². The lowest BCUT2D eigenvalue weighted by Gasteiger charge is -2.09. The molecular formula is C14H21BrN2O2S. The predicted molar refractivity (Wildman–Crippen MR) is 84.8 cm³/mol. The lowest BCUT2D eigenvalue weighted by atomic mass is 10.0. The van der Waals surface area contributed by atoms with Gasteiger partial charge in [-0.05, 0) is 50.9 Å². The normalized spacial score (nSPS) is 20.9. The van der Waals surface area contributed by atoms with Gasteiger partial charge in [-0.15, -0.1) is 0 Å². The summed E-state index contributed by atoms with van der Waals surface area (Å²) in [5, 5.41) is 0. The highest BCUT2D eigenvalue weighted by Gasteiger charge is 2.64. The zero-order valence-electron chi connectivity index (χ0n) is 12.2. The van der Waals surface area contributed by atoms with E-state index < -0.39 is 10.0 Å². The van der Waals surface area contributed by atoms with Gasteiger partial charge in [0.2, 0.25) is 10.0 Å². The van der Waals surface area contributed by atoms with Gasteiger partial charge in [-0.2, -0.15) is 0 Å². The van der Waals surface area contributed by atoms with Crippen molar-refractivity contribution in [3.63, 3.8) is 0 Å². The molecule has 0 amide bonds. The molecule has 3 N–H and O–H groups in total. The number of hydrogen-bond donors (Lipinski definition) is 2. The number of anilines is 1. The molecule has 20 heavy (non-hydrogen) atoms. The van der Waals surface area contributed by atoms with Gasteiger partial charge in [0.25, 0.3) is 0 Å². The second-order valence-electron chi connectivity index (χ2n) is 6.53. The van der Waals surface area contributed by atoms with Crippen LogP contribution in [-0.2, 0) is 10.0 Å². The molecule has 1 aliphatic rings. The minimum Gasteiger partial charge on any atom is -0.398 e. The molecule has 0 saturated heterocycles. The molecule has 112 valence electrons. The van der Waals surface area contributed by atoms with E-state index in [4.69, 9.17) is 5.73 Å². The maximum Gasteiger partial charge on any atom is 0.240 e. The van der Waals surface area contributed by atoms with E-state index in [2.05, 4.69) is 48.3 Å². The number of benzene rings is 1. The Bertz CT molecular complexity index is 625. The Morgan fingerprint density at radius 1 is 1.25 bits per heavy atom. The molecule has 1 saturated carbocycles. The first-order chi connectivity index (χ1) is 9.00. The van der Waals surface area contributed by atoms with Crippen LogP contribution in [0.4, 0.5) is 5.69 Å². The van der Waals surface area contributed by atoms with Crippen LogP contribution in [0.25, 0.3) is 0 Å². The molecule has 4 nitrogen and oxygen atoms in total. The lowest BCUT2D eigenvalue weighted by Crippen LogP contribution is -2.27. The average Bonchev–Trinajstić information content (AvgIpc) is 2.70. The number of halogens is 1. The summed E-state index contributed by atoms with van der Waals surface area (Å²) in [6.45, 7) is 9.14. The zero-order valence-corrected chi connectivity index (χ0v) is 14.6. The highest BCUT2D eigenvalue weighted by atomic mass is 79.9. The SMILES string of the molecule is CC1(C)C(CNS(=O)(=O)c2ccc(Br)c(N)c2)C1(C)C. The van der Waals surface area contributed by atoms with Gasteiger partial charge < -0.3 is 5.73 Å². The summed E-state index contributed by atoms with van der Waals surface area (Å²) in [6, 6.07) is 4.66. The second kappa shape index (κ2) is 4.71. The van der Waals surface area contributed by atoms with Crippen LogP contribution in [0.2, 0.25) is 0 Å². The molecule has 1 fully saturated rings. The third-order valence-corrected chi connectivity index (χ3v) is 7.22. The van der Waals surface area contributed by atoms with Crippen molar-refractivity contribution in [1.82, 2.24) is 4.72 Å². The molecule has 1 aromatic carbocycles. The van der Waals surface area contributed by atoms with E-state index in [-0.39, 0.29) is 15.7 Å². The highest BCUT2D eigenvalue weighted by Crippen LogP contribution is 2.67. The number of nitrogen functional groups attached to an aromatic ring is 1. The first-order valence-corrected chi connectivity index (χ1v) is 8.82. The Labute approximate surface area is 129 Å². The molecule has 0 spiro atoms. The number of nitrogens with two attached hydrogens (primary N) is 1. The van der Waals surface area contributed by atoms with Crippen LogP contribution in [0.1, 0.15) is 27.7 Å². The average molecular weight is 361 g/mol. The topological polar surface area (TPSA) is 72.2 Å². The van der Waals surface area contributed by atoms with Crippen molar-refractivity contribution in [3.8, 4) is 0 Å². The minimum atomic E-state index is -3.51. The van der Waals surface area contributed by atoms with E-state index in [1.165, 1.54) is 6.07 Å². The number of hydrogen-bond acceptors (Lipinski definition) is 3. The molecule has 0 aromatic heterocycles. The maximum absolute atomic E-state index is 12.3. The third kappa shape index (κ3) is 2.49. The van der Waals surface area contributed by atoms with Crippen LogP contribution >= 0.6 is 15.9 Å². The molecule has 1 aliphatic carbocycles. The van der Waals surface area contributed by atoms with Gasteiger partial charge in [-0.3, -0.25) is 0 Å². The molecule has 0 unspecified atom stereocenters. The van der Waals surface area contributed by atoms with E-state index >= 15 is 0 Å². The largest absolute Gasteiger partial charge is 0.398 e. The number of nitrogens with one attached hydrogen (secondary N) is 1. The molecule has 2 rings (SSSR count). The number of sulfonamides is 1. The molecule has 0 bridgehead atoms. The summed E-state index contributed by atoms with van der Waals surface area (Å²) in [5.41, 5.74) is 6.47. The zero-order chi connectivity index (χ0) is 15.3. The van der Waals surface area contributed by atoms with Crippen LogP contribution in [-0.4, -0.2) is 15.0 Å². The summed E-state index contributed by atoms with van der Waals surface area (Å²) >= 11 is 3.26. The molecule has 0 heterocycles. The van der Waals surface area contributed by atoms with Gasteiger partial charge in [-0.1, -0.05) is 27.7 Å². The van der Waals surface area contributed by atoms with Crippen molar-refractivity contribution >= 4 is 31.6 Å². The van der Waals surface area contributed by atoms with Gasteiger partial charge in [0.05, 0.1) is 4.90 Å². The van der Waals surface area contributed by atoms with E-state index in [0.29, 0.717) is 22.6 Å². The first kappa shape index (κ1) is 15.8. The Hall–Kier alpha value is -0.590. The molecule has 0 radical (unpaired) electrons. The van der Waals surface area contributed by atoms with Gasteiger partial charge in [0.15, 0.2) is 0 Å². The fourth-order valence-corrected chi connectivity index (χ4v) is 4.14. The second-order valence-corrected chi connectivity index (χ2v) is 9.15. The summed E-state index contributed by atoms with van der Waals surface area (Å²) in [4.78, 5) is 0.203. The van der Waals surface area contributed by atoms with Crippen molar-refractivity contribution in [3.05, 3.63) is 22.7 Å². The van der Waals surface area contributed by atoms with Crippen LogP contribution < -0.4 is 10.5 Å². The van der Waals surface area contributed by atoms with Crippen molar-refractivity contribution in [2.45, 2.75) is 32.6 Å². The molecule has 0 atom stereocenters. The lowest BCUT2D eigenvalue weighted by molar-refractivity contribution is 0.457. The summed E-state index contributed by atoms with van der Waals surface area (Å²) < 4.78 is 27.9. The summed E-state index contributed by atoms with van der Waals surface area (Å²) in [7, 11) is -3.51. The van der Waals surface area contributed by atoms with E-state index in [9.17, 15) is 8.42 Å². The maximum atomic E-state index is 12.3. The summed E-state index contributed by atoms with van der Waals surface area (Å²) in [6.07, 6.45) is 0. The Balaban J connectivity index is 2.11. The van der Waals surface area contributed by atoms with Crippen molar-refractivity contribution in [2.75, 3.05) is 12.3 Å². The van der Waals surface area contributed by atoms with Crippen LogP contribution in [0.15, 0.2) is 27.6 Å². The molecular weight excluding hydrogens is 340 g/mol. The van der Waals surface area contributed by atoms with Gasteiger partial charge in [0, 0.05) is 16.7 Å². The van der Waals surface area contributed by atoms with Crippen LogP contribution in [0, 0.1) is 16.7 Å². The van der Waals surface area contributed by atoms with Gasteiger partial charge >= 0.3 is 0 Å². The fourth-order valence-electron chi connectivity index (χ4n) is 2.81. The predicted octanol–water partition coefficient (Wildman–Crippen LogP) is 2.99. The van der Waals surface area contributed by atoms with Crippen LogP contribution in [0.3, 0.4) is 0 Å². The Kier molecular flexibility index (Phi) is 3.72. The number of rotatable bonds is 4. The van der Waals surface area contributed by atoms with Crippen molar-refractivity contribution < 1.29 is 8.42 Å². The highest BCUT2D eigenvalue weighted by molar-refractivity contribution is 9.10. The van der Waals surface area contributed by atoms with Crippen molar-refractivity contribution in [2.24, 2.45) is 16.7 Å². The molecule has 0 aliphatic heterocycles. The first-order valence-electron chi connectivity index (χ1n) is 6.55. The van der Waals surface area contributed by atoms with E-state index in [0.717, 1.165) is 0 Å². The van der Waals surface area contributed by atoms with Crippen LogP contribution in [0.5, 0.6) is 0 Å². The van der Waals surface area contributed by atoms with Gasteiger partial charge in [0.1, 0.15) is 0 Å². The van der Waals surface area contributed by atoms with Crippen molar-refractivity contribution in [1.29, 1.82) is 0 Å². The minimum absolute atomic E-state index is 0.161. The smallest absolute Gasteiger partial charge is 0.240 e. The standard InChI is InChI=1S/C14H21BrN2O2S/c1-13(2)12(14(13,3)4)8-17-20(18,19)9-5-6-10(15)11(16)7-9/h5-7,12,17H,8,16H2,1-4H3. The van der Waals surface area contributed by atoms with E-state index in [1.54, 1.807) is 12.1 Å². The fraction of sp³-hybridized carbons (Fsp3) is 0.571.